The standard InChI is InChI=1S/C21H24N2O7/c1-12(24)23-16(27-13(2)25)10-15(22-23)17-18(26-11-14-8-6-5-7-9-14)19-20(28-17)30-21(3,4)29-19/h5-10,17-20H,11H2,1-4H3/t17-,18-,19-,20-/m1/s1. The molecule has 0 radical (unpaired) electrons. The van der Waals surface area contributed by atoms with Gasteiger partial charge >= 0.3 is 5.97 Å². The van der Waals surface area contributed by atoms with Gasteiger partial charge in [-0.2, -0.15) is 9.78 Å². The molecular formula is C21H24N2O7. The third kappa shape index (κ3) is 4.15. The van der Waals surface area contributed by atoms with Crippen molar-refractivity contribution in [1.29, 1.82) is 0 Å². The highest BCUT2D eigenvalue weighted by molar-refractivity contribution is 5.78. The first-order chi connectivity index (χ1) is 14.2. The molecule has 2 aliphatic heterocycles. The molecule has 2 aliphatic rings. The van der Waals surface area contributed by atoms with Gasteiger partial charge in [0.05, 0.1) is 12.3 Å². The Hall–Kier alpha value is -2.59. The maximum absolute atomic E-state index is 11.9. The molecule has 0 saturated carbocycles. The molecule has 160 valence electrons. The topological polar surface area (TPSA) is 98.1 Å². The van der Waals surface area contributed by atoms with Crippen LogP contribution < -0.4 is 4.74 Å². The van der Waals surface area contributed by atoms with Crippen LogP contribution in [0, 0.1) is 0 Å². The van der Waals surface area contributed by atoms with Gasteiger partial charge in [-0.1, -0.05) is 30.3 Å². The van der Waals surface area contributed by atoms with Crippen LogP contribution in [0.1, 0.15) is 49.9 Å². The van der Waals surface area contributed by atoms with E-state index in [9.17, 15) is 9.59 Å². The zero-order chi connectivity index (χ0) is 21.5. The van der Waals surface area contributed by atoms with Gasteiger partial charge in [0.1, 0.15) is 18.3 Å². The lowest BCUT2D eigenvalue weighted by Gasteiger charge is -2.25. The van der Waals surface area contributed by atoms with Crippen LogP contribution in [-0.4, -0.2) is 45.9 Å². The molecule has 30 heavy (non-hydrogen) atoms. The second-order valence-corrected chi connectivity index (χ2v) is 7.72. The van der Waals surface area contributed by atoms with Crippen molar-refractivity contribution in [2.24, 2.45) is 0 Å². The summed E-state index contributed by atoms with van der Waals surface area (Å²) in [4.78, 5) is 23.3. The SMILES string of the molecule is CC(=O)Oc1cc([C@H]2O[C@@H]3OC(C)(C)O[C@@H]3[C@@H]2OCc2ccccc2)nn1C(C)=O. The summed E-state index contributed by atoms with van der Waals surface area (Å²) in [7, 11) is 0. The van der Waals surface area contributed by atoms with Gasteiger partial charge < -0.3 is 23.7 Å². The van der Waals surface area contributed by atoms with Crippen LogP contribution in [0.15, 0.2) is 36.4 Å². The molecule has 1 aromatic heterocycles. The summed E-state index contributed by atoms with van der Waals surface area (Å²) in [5.74, 6) is -1.74. The summed E-state index contributed by atoms with van der Waals surface area (Å²) in [6, 6.07) is 11.2. The van der Waals surface area contributed by atoms with E-state index in [0.717, 1.165) is 10.2 Å². The molecule has 1 aromatic carbocycles. The number of hydrogen-bond donors (Lipinski definition) is 0. The van der Waals surface area contributed by atoms with Crippen molar-refractivity contribution >= 4 is 11.9 Å². The fourth-order valence-electron chi connectivity index (χ4n) is 3.63. The highest BCUT2D eigenvalue weighted by Gasteiger charge is 2.56. The Balaban J connectivity index is 1.62. The van der Waals surface area contributed by atoms with E-state index in [1.807, 2.05) is 30.3 Å². The molecule has 0 N–H and O–H groups in total. The first kappa shape index (κ1) is 20.7. The fourth-order valence-corrected chi connectivity index (χ4v) is 3.63. The molecule has 4 atom stereocenters. The summed E-state index contributed by atoms with van der Waals surface area (Å²) in [6.07, 6.45) is -2.34. The molecule has 9 heteroatoms. The summed E-state index contributed by atoms with van der Waals surface area (Å²) >= 11 is 0. The third-order valence-corrected chi connectivity index (χ3v) is 4.81. The van der Waals surface area contributed by atoms with Crippen molar-refractivity contribution in [2.75, 3.05) is 0 Å². The highest BCUT2D eigenvalue weighted by atomic mass is 16.8. The number of ether oxygens (including phenoxy) is 5. The Labute approximate surface area is 173 Å². The second kappa shape index (κ2) is 7.92. The van der Waals surface area contributed by atoms with Gasteiger partial charge in [0.2, 0.25) is 11.8 Å². The van der Waals surface area contributed by atoms with Gasteiger partial charge in [0.15, 0.2) is 12.1 Å². The molecule has 0 spiro atoms. The number of esters is 1. The minimum Gasteiger partial charge on any atom is -0.407 e. The van der Waals surface area contributed by atoms with E-state index >= 15 is 0 Å². The van der Waals surface area contributed by atoms with Crippen molar-refractivity contribution in [3.05, 3.63) is 47.7 Å². The Morgan fingerprint density at radius 2 is 1.90 bits per heavy atom. The molecule has 2 aromatic rings. The zero-order valence-corrected chi connectivity index (χ0v) is 17.2. The predicted octanol–water partition coefficient (Wildman–Crippen LogP) is 2.60. The summed E-state index contributed by atoms with van der Waals surface area (Å²) < 4.78 is 30.2. The molecular weight excluding hydrogens is 392 g/mol. The van der Waals surface area contributed by atoms with Crippen LogP contribution in [0.2, 0.25) is 0 Å². The highest BCUT2D eigenvalue weighted by Crippen LogP contribution is 2.45. The number of rotatable bonds is 5. The van der Waals surface area contributed by atoms with Gasteiger partial charge in [-0.15, -0.1) is 0 Å². The molecule has 9 nitrogen and oxygen atoms in total. The lowest BCUT2D eigenvalue weighted by atomic mass is 10.1. The van der Waals surface area contributed by atoms with Crippen LogP contribution in [-0.2, 0) is 30.3 Å². The van der Waals surface area contributed by atoms with E-state index in [0.29, 0.717) is 12.3 Å². The Morgan fingerprint density at radius 3 is 2.57 bits per heavy atom. The number of nitrogens with zero attached hydrogens (tertiary/aromatic N) is 2. The maximum atomic E-state index is 11.9. The fraction of sp³-hybridized carbons (Fsp3) is 0.476. The Bertz CT molecular complexity index is 940. The molecule has 4 rings (SSSR count). The number of benzene rings is 1. The first-order valence-electron chi connectivity index (χ1n) is 9.69. The van der Waals surface area contributed by atoms with Crippen LogP contribution in [0.5, 0.6) is 5.88 Å². The Kier molecular flexibility index (Phi) is 5.46. The summed E-state index contributed by atoms with van der Waals surface area (Å²) in [5, 5.41) is 4.29. The maximum Gasteiger partial charge on any atom is 0.309 e. The molecule has 2 saturated heterocycles. The lowest BCUT2D eigenvalue weighted by Crippen LogP contribution is -2.33. The van der Waals surface area contributed by atoms with Crippen molar-refractivity contribution in [3.8, 4) is 5.88 Å². The number of hydrogen-bond acceptors (Lipinski definition) is 8. The molecule has 0 amide bonds. The largest absolute Gasteiger partial charge is 0.407 e. The average Bonchev–Trinajstić information content (AvgIpc) is 3.30. The molecule has 2 fully saturated rings. The van der Waals surface area contributed by atoms with Crippen LogP contribution >= 0.6 is 0 Å². The number of carbonyl (C=O) groups excluding carboxylic acids is 2. The van der Waals surface area contributed by atoms with Gasteiger partial charge in [-0.3, -0.25) is 9.59 Å². The van der Waals surface area contributed by atoms with Gasteiger partial charge in [-0.25, -0.2) is 0 Å². The summed E-state index contributed by atoms with van der Waals surface area (Å²) in [5.41, 5.74) is 1.38. The van der Waals surface area contributed by atoms with Crippen LogP contribution in [0.4, 0.5) is 0 Å². The predicted molar refractivity (Wildman–Crippen MR) is 103 cm³/mol. The quantitative estimate of drug-likeness (QED) is 0.686. The van der Waals surface area contributed by atoms with Gasteiger partial charge in [-0.05, 0) is 19.4 Å². The molecule has 3 heterocycles. The zero-order valence-electron chi connectivity index (χ0n) is 17.2. The Morgan fingerprint density at radius 1 is 1.17 bits per heavy atom. The van der Waals surface area contributed by atoms with E-state index < -0.39 is 42.3 Å². The smallest absolute Gasteiger partial charge is 0.309 e. The number of fused-ring (bicyclic) bond motifs is 1. The lowest BCUT2D eigenvalue weighted by molar-refractivity contribution is -0.220. The summed E-state index contributed by atoms with van der Waals surface area (Å²) in [6.45, 7) is 6.53. The molecule has 0 bridgehead atoms. The average molecular weight is 416 g/mol. The van der Waals surface area contributed by atoms with Gasteiger partial charge in [0.25, 0.3) is 0 Å². The van der Waals surface area contributed by atoms with E-state index in [1.54, 1.807) is 13.8 Å². The van der Waals surface area contributed by atoms with E-state index in [1.165, 1.54) is 19.9 Å². The molecule has 0 aliphatic carbocycles. The minimum absolute atomic E-state index is 0.0228. The van der Waals surface area contributed by atoms with Crippen LogP contribution in [0.25, 0.3) is 0 Å². The third-order valence-electron chi connectivity index (χ3n) is 4.81. The first-order valence-corrected chi connectivity index (χ1v) is 9.69. The van der Waals surface area contributed by atoms with Crippen molar-refractivity contribution in [1.82, 2.24) is 9.78 Å². The van der Waals surface area contributed by atoms with E-state index in [2.05, 4.69) is 5.10 Å². The monoisotopic (exact) mass is 416 g/mol. The second-order valence-electron chi connectivity index (χ2n) is 7.72. The van der Waals surface area contributed by atoms with E-state index in [4.69, 9.17) is 23.7 Å². The van der Waals surface area contributed by atoms with Gasteiger partial charge in [0, 0.05) is 19.9 Å². The minimum atomic E-state index is -0.809. The molecule has 0 unspecified atom stereocenters. The van der Waals surface area contributed by atoms with Crippen molar-refractivity contribution in [2.45, 2.75) is 64.7 Å². The van der Waals surface area contributed by atoms with Crippen molar-refractivity contribution in [3.63, 3.8) is 0 Å². The number of aromatic nitrogens is 2. The normalized spacial score (nSPS) is 27.1. The van der Waals surface area contributed by atoms with E-state index in [-0.39, 0.29) is 5.88 Å². The van der Waals surface area contributed by atoms with Crippen LogP contribution in [0.3, 0.4) is 0 Å². The number of carbonyl (C=O) groups is 2. The van der Waals surface area contributed by atoms with Crippen molar-refractivity contribution < 1.29 is 33.3 Å².